The zero-order valence-electron chi connectivity index (χ0n) is 17.5. The van der Waals surface area contributed by atoms with Gasteiger partial charge in [0.1, 0.15) is 0 Å². The Morgan fingerprint density at radius 3 is 2.13 bits per heavy atom. The van der Waals surface area contributed by atoms with Gasteiger partial charge in [0.25, 0.3) is 0 Å². The van der Waals surface area contributed by atoms with Crippen LogP contribution in [0.3, 0.4) is 0 Å². The highest BCUT2D eigenvalue weighted by Crippen LogP contribution is 2.36. The Kier molecular flexibility index (Phi) is 6.67. The number of carbonyl (C=O) groups excluding carboxylic acids is 2. The minimum Gasteiger partial charge on any atom is -0.334 e. The lowest BCUT2D eigenvalue weighted by Gasteiger charge is -2.29. The predicted molar refractivity (Wildman–Crippen MR) is 124 cm³/mol. The first kappa shape index (κ1) is 21.5. The number of anilines is 1. The van der Waals surface area contributed by atoms with Gasteiger partial charge in [-0.3, -0.25) is 14.5 Å². The van der Waals surface area contributed by atoms with Crippen molar-refractivity contribution in [2.45, 2.75) is 36.2 Å². The van der Waals surface area contributed by atoms with E-state index in [9.17, 15) is 9.59 Å². The Labute approximate surface area is 190 Å². The molecule has 1 heterocycles. The van der Waals surface area contributed by atoms with Gasteiger partial charge in [0.15, 0.2) is 4.34 Å². The van der Waals surface area contributed by atoms with Crippen molar-refractivity contribution in [2.75, 3.05) is 17.7 Å². The van der Waals surface area contributed by atoms with Crippen LogP contribution in [0, 0.1) is 0 Å². The maximum Gasteiger partial charge on any atom is 0.233 e. The Bertz CT molecular complexity index is 998. The van der Waals surface area contributed by atoms with E-state index in [1.54, 1.807) is 16.7 Å². The molecule has 0 aliphatic heterocycles. The molecule has 4 rings (SSSR count). The molecule has 2 amide bonds. The Hall–Kier alpha value is -2.71. The molecule has 0 atom stereocenters. The monoisotopic (exact) mass is 452 g/mol. The first-order valence-electron chi connectivity index (χ1n) is 10.2. The van der Waals surface area contributed by atoms with Crippen LogP contribution in [-0.4, -0.2) is 45.8 Å². The van der Waals surface area contributed by atoms with Crippen molar-refractivity contribution in [2.24, 2.45) is 0 Å². The van der Waals surface area contributed by atoms with Crippen molar-refractivity contribution in [3.63, 3.8) is 0 Å². The maximum absolute atomic E-state index is 13.1. The van der Waals surface area contributed by atoms with E-state index >= 15 is 0 Å². The highest BCUT2D eigenvalue weighted by molar-refractivity contribution is 8.01. The van der Waals surface area contributed by atoms with Crippen LogP contribution >= 0.6 is 23.1 Å². The lowest BCUT2D eigenvalue weighted by Crippen LogP contribution is -2.33. The number of benzene rings is 2. The third-order valence-electron chi connectivity index (χ3n) is 5.18. The van der Waals surface area contributed by atoms with Crippen LogP contribution in [0.15, 0.2) is 65.0 Å². The molecular formula is C23H24N4O2S2. The largest absolute Gasteiger partial charge is 0.334 e. The number of thioether (sulfide) groups is 1. The van der Waals surface area contributed by atoms with E-state index in [4.69, 9.17) is 0 Å². The van der Waals surface area contributed by atoms with E-state index < -0.39 is 0 Å². The molecule has 0 radical (unpaired) electrons. The highest BCUT2D eigenvalue weighted by Gasteiger charge is 2.34. The van der Waals surface area contributed by atoms with Gasteiger partial charge in [0.05, 0.1) is 11.8 Å². The van der Waals surface area contributed by atoms with Crippen LogP contribution in [0.2, 0.25) is 0 Å². The number of nitrogens with zero attached hydrogens (tertiary/aromatic N) is 4. The van der Waals surface area contributed by atoms with Gasteiger partial charge in [-0.05, 0) is 24.0 Å². The molecule has 31 heavy (non-hydrogen) atoms. The van der Waals surface area contributed by atoms with Crippen molar-refractivity contribution in [3.05, 3.63) is 71.8 Å². The summed E-state index contributed by atoms with van der Waals surface area (Å²) in [5.74, 6) is 0.245. The van der Waals surface area contributed by atoms with Crippen LogP contribution in [0.1, 0.15) is 36.9 Å². The Morgan fingerprint density at radius 1 is 1.03 bits per heavy atom. The summed E-state index contributed by atoms with van der Waals surface area (Å²) in [6, 6.07) is 20.1. The number of amides is 2. The van der Waals surface area contributed by atoms with Crippen LogP contribution in [0.4, 0.5) is 5.13 Å². The smallest absolute Gasteiger partial charge is 0.233 e. The van der Waals surface area contributed by atoms with Gasteiger partial charge in [0.2, 0.25) is 16.9 Å². The third-order valence-corrected chi connectivity index (χ3v) is 7.22. The molecule has 0 bridgehead atoms. The van der Waals surface area contributed by atoms with Gasteiger partial charge >= 0.3 is 0 Å². The molecule has 1 aliphatic rings. The Morgan fingerprint density at radius 2 is 1.61 bits per heavy atom. The molecule has 1 saturated carbocycles. The molecule has 6 nitrogen and oxygen atoms in total. The van der Waals surface area contributed by atoms with Crippen molar-refractivity contribution < 1.29 is 9.59 Å². The summed E-state index contributed by atoms with van der Waals surface area (Å²) in [7, 11) is 1.84. The summed E-state index contributed by atoms with van der Waals surface area (Å²) < 4.78 is 0.694. The quantitative estimate of drug-likeness (QED) is 0.375. The molecule has 3 aromatic rings. The summed E-state index contributed by atoms with van der Waals surface area (Å²) in [4.78, 5) is 28.5. The molecule has 160 valence electrons. The van der Waals surface area contributed by atoms with Crippen LogP contribution in [0.25, 0.3) is 0 Å². The van der Waals surface area contributed by atoms with E-state index in [1.165, 1.54) is 23.1 Å². The minimum absolute atomic E-state index is 0.00470. The fraction of sp³-hybridized carbons (Fsp3) is 0.304. The summed E-state index contributed by atoms with van der Waals surface area (Å²) in [5, 5.41) is 8.98. The molecular weight excluding hydrogens is 428 g/mol. The van der Waals surface area contributed by atoms with Crippen LogP contribution < -0.4 is 4.90 Å². The maximum atomic E-state index is 13.1. The average molecular weight is 453 g/mol. The van der Waals surface area contributed by atoms with E-state index in [2.05, 4.69) is 10.2 Å². The normalized spacial score (nSPS) is 13.3. The molecule has 0 saturated heterocycles. The lowest BCUT2D eigenvalue weighted by atomic mass is 9.97. The third kappa shape index (κ3) is 5.14. The SMILES string of the molecule is CC(=O)N(c1nnc(SCC(=O)N(C)C(c2ccccc2)c2ccccc2)s1)C1CC1. The summed E-state index contributed by atoms with van der Waals surface area (Å²) >= 11 is 2.73. The molecule has 2 aromatic carbocycles. The van der Waals surface area contributed by atoms with Gasteiger partial charge in [-0.25, -0.2) is 0 Å². The molecule has 8 heteroatoms. The van der Waals surface area contributed by atoms with E-state index in [1.807, 2.05) is 67.7 Å². The number of rotatable bonds is 8. The molecule has 1 fully saturated rings. The zero-order chi connectivity index (χ0) is 21.8. The predicted octanol–water partition coefficient (Wildman–Crippen LogP) is 4.39. The molecule has 0 unspecified atom stereocenters. The zero-order valence-corrected chi connectivity index (χ0v) is 19.1. The first-order valence-corrected chi connectivity index (χ1v) is 12.0. The second-order valence-corrected chi connectivity index (χ2v) is 9.67. The Balaban J connectivity index is 1.45. The number of hydrogen-bond donors (Lipinski definition) is 0. The first-order chi connectivity index (χ1) is 15.0. The van der Waals surface area contributed by atoms with E-state index in [0.717, 1.165) is 24.0 Å². The standard InChI is InChI=1S/C23H24N4O2S2/c1-16(28)27(19-13-14-19)22-24-25-23(31-22)30-15-20(29)26(2)21(17-9-5-3-6-10-17)18-11-7-4-8-12-18/h3-12,19,21H,13-15H2,1-2H3. The van der Waals surface area contributed by atoms with Gasteiger partial charge in [-0.15, -0.1) is 10.2 Å². The molecule has 1 aromatic heterocycles. The summed E-state index contributed by atoms with van der Waals surface area (Å²) in [5.41, 5.74) is 2.13. The second kappa shape index (κ2) is 9.62. The van der Waals surface area contributed by atoms with Gasteiger partial charge in [-0.2, -0.15) is 0 Å². The van der Waals surface area contributed by atoms with Crippen molar-refractivity contribution >= 4 is 40.0 Å². The average Bonchev–Trinajstić information content (AvgIpc) is 3.50. The number of carbonyl (C=O) groups is 2. The van der Waals surface area contributed by atoms with E-state index in [0.29, 0.717) is 9.47 Å². The van der Waals surface area contributed by atoms with Crippen LogP contribution in [0.5, 0.6) is 0 Å². The van der Waals surface area contributed by atoms with Crippen molar-refractivity contribution in [1.29, 1.82) is 0 Å². The van der Waals surface area contributed by atoms with Crippen LogP contribution in [-0.2, 0) is 9.59 Å². The minimum atomic E-state index is -0.163. The highest BCUT2D eigenvalue weighted by atomic mass is 32.2. The fourth-order valence-corrected chi connectivity index (χ4v) is 5.40. The molecule has 0 N–H and O–H groups in total. The summed E-state index contributed by atoms with van der Waals surface area (Å²) in [6.45, 7) is 1.55. The van der Waals surface area contributed by atoms with Crippen molar-refractivity contribution in [1.82, 2.24) is 15.1 Å². The molecule has 1 aliphatic carbocycles. The number of aromatic nitrogens is 2. The van der Waals surface area contributed by atoms with Gasteiger partial charge in [0, 0.05) is 20.0 Å². The van der Waals surface area contributed by atoms with E-state index in [-0.39, 0.29) is 29.7 Å². The lowest BCUT2D eigenvalue weighted by molar-refractivity contribution is -0.128. The van der Waals surface area contributed by atoms with Gasteiger partial charge in [-0.1, -0.05) is 83.8 Å². The molecule has 0 spiro atoms. The number of hydrogen-bond acceptors (Lipinski definition) is 6. The topological polar surface area (TPSA) is 66.4 Å². The van der Waals surface area contributed by atoms with Crippen molar-refractivity contribution in [3.8, 4) is 0 Å². The summed E-state index contributed by atoms with van der Waals surface area (Å²) in [6.07, 6.45) is 2.01. The second-order valence-electron chi connectivity index (χ2n) is 7.49. The fourth-order valence-electron chi connectivity index (χ4n) is 3.52. The van der Waals surface area contributed by atoms with Gasteiger partial charge < -0.3 is 4.90 Å².